The molecule has 0 aromatic carbocycles. The monoisotopic (exact) mass is 351 g/mol. The quantitative estimate of drug-likeness (QED) is 0.807. The van der Waals surface area contributed by atoms with E-state index in [0.717, 1.165) is 30.4 Å². The predicted molar refractivity (Wildman–Crippen MR) is 92.5 cm³/mol. The highest BCUT2D eigenvalue weighted by molar-refractivity contribution is 7.98. The van der Waals surface area contributed by atoms with E-state index in [9.17, 15) is 4.79 Å². The number of hydrogen-bond acceptors (Lipinski definition) is 6. The van der Waals surface area contributed by atoms with Crippen molar-refractivity contribution in [2.45, 2.75) is 30.6 Å². The summed E-state index contributed by atoms with van der Waals surface area (Å²) in [6, 6.07) is 4.22. The van der Waals surface area contributed by atoms with E-state index in [-0.39, 0.29) is 11.9 Å². The van der Waals surface area contributed by atoms with Crippen molar-refractivity contribution in [3.05, 3.63) is 28.2 Å². The van der Waals surface area contributed by atoms with Gasteiger partial charge in [-0.1, -0.05) is 17.8 Å². The summed E-state index contributed by atoms with van der Waals surface area (Å²) in [7, 11) is 1.99. The highest BCUT2D eigenvalue weighted by Gasteiger charge is 2.31. The lowest BCUT2D eigenvalue weighted by molar-refractivity contribution is -0.122. The molecule has 0 aliphatic carbocycles. The molecule has 1 atom stereocenters. The fourth-order valence-corrected chi connectivity index (χ4v) is 4.08. The Balaban J connectivity index is 1.60. The standard InChI is InChI=1S/C15H21N5OS2/c1-19-14(17-18-15(19)22-2)12-6-3-7-20(12)10-13(21)16-9-11-5-4-8-23-11/h4-5,8,12H,3,6-7,9-10H2,1-2H3,(H,16,21). The molecule has 0 saturated carbocycles. The van der Waals surface area contributed by atoms with Gasteiger partial charge in [0.2, 0.25) is 5.91 Å². The van der Waals surface area contributed by atoms with Crippen LogP contribution in [-0.2, 0) is 18.4 Å². The number of likely N-dealkylation sites (tertiary alicyclic amines) is 1. The number of nitrogens with zero attached hydrogens (tertiary/aromatic N) is 4. The van der Waals surface area contributed by atoms with Crippen LogP contribution in [0.4, 0.5) is 0 Å². The van der Waals surface area contributed by atoms with Crippen molar-refractivity contribution in [1.29, 1.82) is 0 Å². The average molecular weight is 352 g/mol. The molecule has 1 unspecified atom stereocenters. The van der Waals surface area contributed by atoms with Crippen molar-refractivity contribution in [2.75, 3.05) is 19.3 Å². The largest absolute Gasteiger partial charge is 0.350 e. The van der Waals surface area contributed by atoms with Gasteiger partial charge in [-0.2, -0.15) is 0 Å². The maximum absolute atomic E-state index is 12.2. The van der Waals surface area contributed by atoms with E-state index in [1.54, 1.807) is 23.1 Å². The summed E-state index contributed by atoms with van der Waals surface area (Å²) in [5.41, 5.74) is 0. The summed E-state index contributed by atoms with van der Waals surface area (Å²) < 4.78 is 2.04. The molecule has 0 spiro atoms. The molecule has 2 aromatic rings. The van der Waals surface area contributed by atoms with Gasteiger partial charge >= 0.3 is 0 Å². The second-order valence-electron chi connectivity index (χ2n) is 5.59. The first kappa shape index (κ1) is 16.5. The Hall–Kier alpha value is -1.38. The Kier molecular flexibility index (Phi) is 5.34. The third-order valence-electron chi connectivity index (χ3n) is 4.10. The number of carbonyl (C=O) groups excluding carboxylic acids is 1. The number of hydrogen-bond donors (Lipinski definition) is 1. The Morgan fingerprint density at radius 2 is 2.39 bits per heavy atom. The van der Waals surface area contributed by atoms with Crippen LogP contribution in [0.25, 0.3) is 0 Å². The molecule has 1 aliphatic rings. The predicted octanol–water partition coefficient (Wildman–Crippen LogP) is 2.05. The number of rotatable bonds is 6. The van der Waals surface area contributed by atoms with E-state index in [2.05, 4.69) is 20.4 Å². The molecule has 2 aromatic heterocycles. The number of aromatic nitrogens is 3. The fourth-order valence-electron chi connectivity index (χ4n) is 2.94. The summed E-state index contributed by atoms with van der Waals surface area (Å²) in [4.78, 5) is 15.6. The van der Waals surface area contributed by atoms with Crippen LogP contribution in [0.1, 0.15) is 29.6 Å². The summed E-state index contributed by atoms with van der Waals surface area (Å²) in [6.07, 6.45) is 4.11. The molecular weight excluding hydrogens is 330 g/mol. The molecule has 1 aliphatic heterocycles. The zero-order valence-corrected chi connectivity index (χ0v) is 15.0. The van der Waals surface area contributed by atoms with Gasteiger partial charge in [-0.05, 0) is 37.1 Å². The molecule has 8 heteroatoms. The molecule has 3 heterocycles. The van der Waals surface area contributed by atoms with Crippen LogP contribution >= 0.6 is 23.1 Å². The summed E-state index contributed by atoms with van der Waals surface area (Å²) in [6.45, 7) is 1.95. The molecule has 124 valence electrons. The van der Waals surface area contributed by atoms with Gasteiger partial charge in [0.05, 0.1) is 19.1 Å². The normalized spacial score (nSPS) is 18.4. The maximum Gasteiger partial charge on any atom is 0.234 e. The third kappa shape index (κ3) is 3.76. The Morgan fingerprint density at radius 3 is 3.09 bits per heavy atom. The molecule has 6 nitrogen and oxygen atoms in total. The lowest BCUT2D eigenvalue weighted by Crippen LogP contribution is -2.37. The minimum absolute atomic E-state index is 0.0672. The molecular formula is C15H21N5OS2. The molecule has 0 radical (unpaired) electrons. The highest BCUT2D eigenvalue weighted by Crippen LogP contribution is 2.31. The fraction of sp³-hybridized carbons (Fsp3) is 0.533. The van der Waals surface area contributed by atoms with Gasteiger partial charge in [0.15, 0.2) is 11.0 Å². The lowest BCUT2D eigenvalue weighted by Gasteiger charge is -2.23. The van der Waals surface area contributed by atoms with Crippen LogP contribution in [-0.4, -0.2) is 44.9 Å². The smallest absolute Gasteiger partial charge is 0.234 e. The van der Waals surface area contributed by atoms with E-state index in [4.69, 9.17) is 0 Å². The maximum atomic E-state index is 12.2. The van der Waals surface area contributed by atoms with Gasteiger partial charge in [0.1, 0.15) is 0 Å². The van der Waals surface area contributed by atoms with Crippen molar-refractivity contribution in [1.82, 2.24) is 25.0 Å². The van der Waals surface area contributed by atoms with E-state index < -0.39 is 0 Å². The minimum Gasteiger partial charge on any atom is -0.350 e. The van der Waals surface area contributed by atoms with Crippen molar-refractivity contribution in [3.8, 4) is 0 Å². The first-order valence-electron chi connectivity index (χ1n) is 7.65. The Bertz CT molecular complexity index is 655. The summed E-state index contributed by atoms with van der Waals surface area (Å²) >= 11 is 3.25. The second-order valence-corrected chi connectivity index (χ2v) is 7.39. The number of nitrogens with one attached hydrogen (secondary N) is 1. The van der Waals surface area contributed by atoms with Crippen molar-refractivity contribution < 1.29 is 4.79 Å². The SMILES string of the molecule is CSc1nnc(C2CCCN2CC(=O)NCc2cccs2)n1C. The van der Waals surface area contributed by atoms with Gasteiger partial charge < -0.3 is 9.88 Å². The van der Waals surface area contributed by atoms with E-state index in [1.165, 1.54) is 4.88 Å². The van der Waals surface area contributed by atoms with E-state index >= 15 is 0 Å². The number of thioether (sulfide) groups is 1. The zero-order chi connectivity index (χ0) is 16.2. The van der Waals surface area contributed by atoms with Crippen LogP contribution in [0, 0.1) is 0 Å². The molecule has 1 saturated heterocycles. The highest BCUT2D eigenvalue weighted by atomic mass is 32.2. The summed E-state index contributed by atoms with van der Waals surface area (Å²) in [5, 5.41) is 14.5. The van der Waals surface area contributed by atoms with Crippen LogP contribution in [0.3, 0.4) is 0 Å². The number of amides is 1. The van der Waals surface area contributed by atoms with Gasteiger partial charge in [0.25, 0.3) is 0 Å². The third-order valence-corrected chi connectivity index (χ3v) is 5.70. The van der Waals surface area contributed by atoms with Crippen molar-refractivity contribution >= 4 is 29.0 Å². The molecule has 1 amide bonds. The lowest BCUT2D eigenvalue weighted by atomic mass is 10.2. The zero-order valence-electron chi connectivity index (χ0n) is 13.4. The van der Waals surface area contributed by atoms with Crippen LogP contribution in [0.15, 0.2) is 22.7 Å². The van der Waals surface area contributed by atoms with Crippen LogP contribution in [0.2, 0.25) is 0 Å². The molecule has 3 rings (SSSR count). The van der Waals surface area contributed by atoms with Gasteiger partial charge in [-0.15, -0.1) is 21.5 Å². The van der Waals surface area contributed by atoms with Gasteiger partial charge in [-0.3, -0.25) is 9.69 Å². The minimum atomic E-state index is 0.0672. The Morgan fingerprint density at radius 1 is 1.52 bits per heavy atom. The summed E-state index contributed by atoms with van der Waals surface area (Å²) in [5.74, 6) is 1.02. The topological polar surface area (TPSA) is 63.1 Å². The van der Waals surface area contributed by atoms with Crippen LogP contribution in [0.5, 0.6) is 0 Å². The average Bonchev–Trinajstić information content (AvgIpc) is 3.26. The van der Waals surface area contributed by atoms with Crippen molar-refractivity contribution in [2.24, 2.45) is 7.05 Å². The number of thiophene rings is 1. The molecule has 23 heavy (non-hydrogen) atoms. The van der Waals surface area contributed by atoms with Crippen LogP contribution < -0.4 is 5.32 Å². The molecule has 1 fully saturated rings. The van der Waals surface area contributed by atoms with E-state index in [1.807, 2.05) is 35.4 Å². The Labute approximate surface area is 144 Å². The first-order valence-corrected chi connectivity index (χ1v) is 9.76. The van der Waals surface area contributed by atoms with Gasteiger partial charge in [-0.25, -0.2) is 0 Å². The van der Waals surface area contributed by atoms with Crippen molar-refractivity contribution in [3.63, 3.8) is 0 Å². The first-order chi connectivity index (χ1) is 11.2. The number of carbonyl (C=O) groups is 1. The molecule has 0 bridgehead atoms. The molecule has 1 N–H and O–H groups in total. The second kappa shape index (κ2) is 7.46. The van der Waals surface area contributed by atoms with Gasteiger partial charge in [0, 0.05) is 11.9 Å². The van der Waals surface area contributed by atoms with E-state index in [0.29, 0.717) is 13.1 Å².